The quantitative estimate of drug-likeness (QED) is 0.412. The molecule has 1 fully saturated rings. The summed E-state index contributed by atoms with van der Waals surface area (Å²) in [7, 11) is 1.36. The van der Waals surface area contributed by atoms with E-state index < -0.39 is 30.7 Å². The molecule has 0 radical (unpaired) electrons. The predicted octanol–water partition coefficient (Wildman–Crippen LogP) is -1.63. The highest BCUT2D eigenvalue weighted by molar-refractivity contribution is 7.80. The molecule has 1 rings (SSSR count). The Labute approximate surface area is 81.7 Å². The Morgan fingerprint density at radius 1 is 1.23 bits per heavy atom. The van der Waals surface area contributed by atoms with Crippen molar-refractivity contribution >= 4 is 12.6 Å². The Morgan fingerprint density at radius 2 is 1.85 bits per heavy atom. The molecule has 0 saturated carbocycles. The molecule has 0 amide bonds. The summed E-state index contributed by atoms with van der Waals surface area (Å²) in [5.41, 5.74) is 0. The molecule has 1 heterocycles. The molecule has 0 spiro atoms. The zero-order valence-corrected chi connectivity index (χ0v) is 8.09. The Morgan fingerprint density at radius 3 is 2.31 bits per heavy atom. The van der Waals surface area contributed by atoms with Gasteiger partial charge in [0.1, 0.15) is 18.3 Å². The summed E-state index contributed by atoms with van der Waals surface area (Å²) < 4.78 is 9.90. The number of aliphatic hydroxyl groups is 3. The van der Waals surface area contributed by atoms with Crippen molar-refractivity contribution in [2.45, 2.75) is 30.7 Å². The fraction of sp³-hybridized carbons (Fsp3) is 1.00. The van der Waals surface area contributed by atoms with E-state index >= 15 is 0 Å². The molecule has 0 aromatic heterocycles. The molecule has 0 aliphatic carbocycles. The summed E-state index contributed by atoms with van der Waals surface area (Å²) in [5.74, 6) is 0.255. The van der Waals surface area contributed by atoms with Crippen LogP contribution in [0.5, 0.6) is 0 Å². The highest BCUT2D eigenvalue weighted by Crippen LogP contribution is 2.21. The predicted molar refractivity (Wildman–Crippen MR) is 47.5 cm³/mol. The van der Waals surface area contributed by atoms with Gasteiger partial charge >= 0.3 is 0 Å². The number of aliphatic hydroxyl groups excluding tert-OH is 3. The van der Waals surface area contributed by atoms with Crippen molar-refractivity contribution in [1.29, 1.82) is 0 Å². The van der Waals surface area contributed by atoms with Crippen LogP contribution in [0.1, 0.15) is 0 Å². The molecule has 13 heavy (non-hydrogen) atoms. The maximum atomic E-state index is 9.38. The highest BCUT2D eigenvalue weighted by atomic mass is 32.1. The molecule has 3 N–H and O–H groups in total. The average Bonchev–Trinajstić information content (AvgIpc) is 2.15. The largest absolute Gasteiger partial charge is 0.388 e. The Hall–Kier alpha value is 0.150. The second-order valence-electron chi connectivity index (χ2n) is 2.93. The van der Waals surface area contributed by atoms with Crippen molar-refractivity contribution in [2.24, 2.45) is 0 Å². The van der Waals surface area contributed by atoms with E-state index in [0.717, 1.165) is 0 Å². The minimum atomic E-state index is -1.25. The number of hydrogen-bond acceptors (Lipinski definition) is 6. The highest BCUT2D eigenvalue weighted by Gasteiger charge is 2.43. The lowest BCUT2D eigenvalue weighted by molar-refractivity contribution is -0.284. The second kappa shape index (κ2) is 4.59. The van der Waals surface area contributed by atoms with Crippen molar-refractivity contribution in [3.05, 3.63) is 0 Å². The van der Waals surface area contributed by atoms with Crippen LogP contribution in [0, 0.1) is 0 Å². The lowest BCUT2D eigenvalue weighted by atomic mass is 10.00. The molecule has 0 bridgehead atoms. The van der Waals surface area contributed by atoms with Crippen LogP contribution in [0.2, 0.25) is 0 Å². The number of methoxy groups -OCH3 is 1. The van der Waals surface area contributed by atoms with Crippen molar-refractivity contribution < 1.29 is 24.8 Å². The maximum Gasteiger partial charge on any atom is 0.186 e. The summed E-state index contributed by atoms with van der Waals surface area (Å²) in [5, 5.41) is 28.1. The first kappa shape index (κ1) is 11.2. The molecule has 5 nitrogen and oxygen atoms in total. The molecule has 0 aromatic carbocycles. The van der Waals surface area contributed by atoms with Gasteiger partial charge in [-0.25, -0.2) is 0 Å². The van der Waals surface area contributed by atoms with Crippen molar-refractivity contribution in [3.8, 4) is 0 Å². The van der Waals surface area contributed by atoms with Gasteiger partial charge in [-0.05, 0) is 0 Å². The normalized spacial score (nSPS) is 46.4. The minimum Gasteiger partial charge on any atom is -0.388 e. The molecule has 6 heteroatoms. The van der Waals surface area contributed by atoms with Crippen LogP contribution in [0.4, 0.5) is 0 Å². The monoisotopic (exact) mass is 210 g/mol. The van der Waals surface area contributed by atoms with Gasteiger partial charge in [-0.2, -0.15) is 12.6 Å². The number of ether oxygens (including phenoxy) is 2. The third-order valence-electron chi connectivity index (χ3n) is 2.08. The van der Waals surface area contributed by atoms with Crippen molar-refractivity contribution in [2.75, 3.05) is 12.9 Å². The lowest BCUT2D eigenvalue weighted by Crippen LogP contribution is -2.58. The number of rotatable bonds is 2. The first-order valence-corrected chi connectivity index (χ1v) is 4.58. The number of hydrogen-bond donors (Lipinski definition) is 4. The van der Waals surface area contributed by atoms with E-state index in [2.05, 4.69) is 12.6 Å². The minimum absolute atomic E-state index is 0.255. The van der Waals surface area contributed by atoms with Gasteiger partial charge in [-0.3, -0.25) is 0 Å². The third kappa shape index (κ3) is 2.15. The lowest BCUT2D eigenvalue weighted by Gasteiger charge is -2.39. The van der Waals surface area contributed by atoms with Gasteiger partial charge in [0.25, 0.3) is 0 Å². The van der Waals surface area contributed by atoms with Gasteiger partial charge in [-0.15, -0.1) is 0 Å². The van der Waals surface area contributed by atoms with E-state index in [4.69, 9.17) is 9.47 Å². The Bertz CT molecular complexity index is 147. The fourth-order valence-electron chi connectivity index (χ4n) is 1.26. The molecule has 78 valence electrons. The Kier molecular flexibility index (Phi) is 3.96. The molecular formula is C7H14O5S. The molecule has 0 aromatic rings. The van der Waals surface area contributed by atoms with Gasteiger partial charge in [0.2, 0.25) is 0 Å². The summed E-state index contributed by atoms with van der Waals surface area (Å²) in [6, 6.07) is 0. The van der Waals surface area contributed by atoms with Gasteiger partial charge < -0.3 is 24.8 Å². The summed E-state index contributed by atoms with van der Waals surface area (Å²) in [4.78, 5) is 0. The zero-order chi connectivity index (χ0) is 10.0. The van der Waals surface area contributed by atoms with E-state index in [0.29, 0.717) is 0 Å². The first-order valence-electron chi connectivity index (χ1n) is 3.95. The molecule has 1 saturated heterocycles. The summed E-state index contributed by atoms with van der Waals surface area (Å²) in [6.45, 7) is 0. The maximum absolute atomic E-state index is 9.38. The topological polar surface area (TPSA) is 79.2 Å². The molecule has 1 aliphatic rings. The van der Waals surface area contributed by atoms with Crippen LogP contribution in [0.15, 0.2) is 0 Å². The van der Waals surface area contributed by atoms with E-state index in [1.165, 1.54) is 7.11 Å². The Balaban J connectivity index is 2.66. The fourth-order valence-corrected chi connectivity index (χ4v) is 1.56. The molecule has 0 unspecified atom stereocenters. The van der Waals surface area contributed by atoms with Gasteiger partial charge in [-0.1, -0.05) is 0 Å². The van der Waals surface area contributed by atoms with Gasteiger partial charge in [0.15, 0.2) is 6.29 Å². The molecular weight excluding hydrogens is 196 g/mol. The van der Waals surface area contributed by atoms with Crippen LogP contribution in [0.3, 0.4) is 0 Å². The van der Waals surface area contributed by atoms with Crippen LogP contribution in [0.25, 0.3) is 0 Å². The molecule has 5 atom stereocenters. The van der Waals surface area contributed by atoms with Crippen LogP contribution >= 0.6 is 12.6 Å². The average molecular weight is 210 g/mol. The summed E-state index contributed by atoms with van der Waals surface area (Å²) in [6.07, 6.45) is -5.13. The van der Waals surface area contributed by atoms with Crippen molar-refractivity contribution in [3.63, 3.8) is 0 Å². The van der Waals surface area contributed by atoms with Crippen LogP contribution in [-0.4, -0.2) is 58.9 Å². The van der Waals surface area contributed by atoms with E-state index in [-0.39, 0.29) is 5.75 Å². The smallest absolute Gasteiger partial charge is 0.186 e. The first-order chi connectivity index (χ1) is 6.11. The van der Waals surface area contributed by atoms with Gasteiger partial charge in [0, 0.05) is 12.9 Å². The second-order valence-corrected chi connectivity index (χ2v) is 3.30. The standard InChI is InChI=1S/C7H14O5S/c1-11-7-6(10)5(9)4(8)3(2-13)12-7/h3-10,13H,2H2,1H3/t3-,4+,5+,6-,7+/m1/s1. The molecule has 1 aliphatic heterocycles. The zero-order valence-electron chi connectivity index (χ0n) is 7.20. The van der Waals surface area contributed by atoms with E-state index in [9.17, 15) is 15.3 Å². The van der Waals surface area contributed by atoms with E-state index in [1.54, 1.807) is 0 Å². The summed E-state index contributed by atoms with van der Waals surface area (Å²) >= 11 is 3.94. The van der Waals surface area contributed by atoms with Gasteiger partial charge in [0.05, 0.1) is 6.10 Å². The van der Waals surface area contributed by atoms with Crippen LogP contribution in [-0.2, 0) is 9.47 Å². The third-order valence-corrected chi connectivity index (χ3v) is 2.44. The van der Waals surface area contributed by atoms with Crippen molar-refractivity contribution in [1.82, 2.24) is 0 Å². The SMILES string of the molecule is CO[C@H]1O[C@H](CS)[C@H](O)[C@H](O)[C@H]1O. The van der Waals surface area contributed by atoms with E-state index in [1.807, 2.05) is 0 Å². The number of thiol groups is 1. The van der Waals surface area contributed by atoms with Crippen LogP contribution < -0.4 is 0 Å².